The molecule has 98 valence electrons. The van der Waals surface area contributed by atoms with Gasteiger partial charge in [0.05, 0.1) is 10.6 Å². The van der Waals surface area contributed by atoms with Crippen molar-refractivity contribution in [2.24, 2.45) is 5.84 Å². The van der Waals surface area contributed by atoms with Crippen LogP contribution in [0.2, 0.25) is 5.02 Å². The molecule has 0 aromatic carbocycles. The van der Waals surface area contributed by atoms with Crippen LogP contribution in [0, 0.1) is 6.92 Å². The van der Waals surface area contributed by atoms with Gasteiger partial charge in [0.25, 0.3) is 5.91 Å². The number of pyridine rings is 2. The molecule has 2 rings (SSSR count). The second-order valence-corrected chi connectivity index (χ2v) is 4.28. The summed E-state index contributed by atoms with van der Waals surface area (Å²) < 4.78 is 0. The van der Waals surface area contributed by atoms with Gasteiger partial charge in [0.2, 0.25) is 0 Å². The molecule has 0 aliphatic carbocycles. The number of rotatable bonds is 3. The number of nitrogen functional groups attached to an aromatic ring is 1. The van der Waals surface area contributed by atoms with E-state index >= 15 is 0 Å². The van der Waals surface area contributed by atoms with Crippen molar-refractivity contribution in [1.82, 2.24) is 9.97 Å². The third-order valence-electron chi connectivity index (χ3n) is 2.40. The van der Waals surface area contributed by atoms with Crippen LogP contribution in [0.25, 0.3) is 0 Å². The average molecular weight is 278 g/mol. The van der Waals surface area contributed by atoms with E-state index in [0.29, 0.717) is 17.2 Å². The van der Waals surface area contributed by atoms with Crippen LogP contribution in [-0.4, -0.2) is 15.9 Å². The molecule has 0 fully saturated rings. The number of carbonyl (C=O) groups is 1. The topological polar surface area (TPSA) is 92.9 Å². The highest BCUT2D eigenvalue weighted by atomic mass is 35.5. The first-order chi connectivity index (χ1) is 9.10. The van der Waals surface area contributed by atoms with Crippen molar-refractivity contribution in [3.05, 3.63) is 46.7 Å². The third kappa shape index (κ3) is 3.18. The van der Waals surface area contributed by atoms with Gasteiger partial charge >= 0.3 is 0 Å². The Morgan fingerprint density at radius 1 is 1.37 bits per heavy atom. The summed E-state index contributed by atoms with van der Waals surface area (Å²) in [6.45, 7) is 1.91. The molecule has 19 heavy (non-hydrogen) atoms. The minimum absolute atomic E-state index is 0.271. The summed E-state index contributed by atoms with van der Waals surface area (Å²) in [5.41, 5.74) is 3.66. The van der Waals surface area contributed by atoms with Crippen LogP contribution in [0.5, 0.6) is 0 Å². The minimum Gasteiger partial charge on any atom is -0.307 e. The number of carbonyl (C=O) groups excluding carboxylic acids is 1. The van der Waals surface area contributed by atoms with Gasteiger partial charge in [-0.15, -0.1) is 0 Å². The van der Waals surface area contributed by atoms with Crippen molar-refractivity contribution in [3.8, 4) is 0 Å². The zero-order valence-corrected chi connectivity index (χ0v) is 10.9. The molecule has 0 spiro atoms. The predicted molar refractivity (Wildman–Crippen MR) is 74.0 cm³/mol. The Labute approximate surface area is 115 Å². The Morgan fingerprint density at radius 2 is 2.16 bits per heavy atom. The summed E-state index contributed by atoms with van der Waals surface area (Å²) in [4.78, 5) is 19.9. The highest BCUT2D eigenvalue weighted by Gasteiger charge is 2.10. The standard InChI is InChI=1S/C12H12ClN5O/c1-7-2-3-15-10(4-7)17-12(19)8-5-9(13)11(18-14)16-6-8/h2-6H,14H2,1H3,(H,16,18)(H,15,17,19). The molecular formula is C12H12ClN5O. The first-order valence-electron chi connectivity index (χ1n) is 5.46. The number of hydrogen-bond donors (Lipinski definition) is 3. The van der Waals surface area contributed by atoms with E-state index < -0.39 is 0 Å². The maximum atomic E-state index is 12.0. The number of hydrazine groups is 1. The van der Waals surface area contributed by atoms with Crippen LogP contribution in [0.15, 0.2) is 30.6 Å². The SMILES string of the molecule is Cc1ccnc(NC(=O)c2cnc(NN)c(Cl)c2)c1. The fourth-order valence-corrected chi connectivity index (χ4v) is 1.68. The lowest BCUT2D eigenvalue weighted by molar-refractivity contribution is 0.102. The molecule has 0 radical (unpaired) electrons. The van der Waals surface area contributed by atoms with Gasteiger partial charge < -0.3 is 10.7 Å². The quantitative estimate of drug-likeness (QED) is 0.589. The van der Waals surface area contributed by atoms with Gasteiger partial charge in [-0.2, -0.15) is 0 Å². The van der Waals surface area contributed by atoms with Gasteiger partial charge in [-0.25, -0.2) is 15.8 Å². The molecule has 0 aliphatic heterocycles. The number of halogens is 1. The van der Waals surface area contributed by atoms with Crippen LogP contribution < -0.4 is 16.6 Å². The molecular weight excluding hydrogens is 266 g/mol. The average Bonchev–Trinajstić information content (AvgIpc) is 2.38. The zero-order chi connectivity index (χ0) is 13.8. The summed E-state index contributed by atoms with van der Waals surface area (Å²) in [5, 5.41) is 2.93. The Hall–Kier alpha value is -2.18. The van der Waals surface area contributed by atoms with Crippen molar-refractivity contribution in [1.29, 1.82) is 0 Å². The Balaban J connectivity index is 2.18. The van der Waals surface area contributed by atoms with Gasteiger partial charge in [-0.05, 0) is 30.7 Å². The number of nitrogens with zero attached hydrogens (tertiary/aromatic N) is 2. The van der Waals surface area contributed by atoms with Crippen LogP contribution in [-0.2, 0) is 0 Å². The summed E-state index contributed by atoms with van der Waals surface area (Å²) >= 11 is 5.90. The van der Waals surface area contributed by atoms with Gasteiger partial charge in [-0.3, -0.25) is 4.79 Å². The molecule has 2 aromatic heterocycles. The largest absolute Gasteiger partial charge is 0.307 e. The normalized spacial score (nSPS) is 10.1. The lowest BCUT2D eigenvalue weighted by atomic mass is 10.2. The monoisotopic (exact) mass is 277 g/mol. The fraction of sp³-hybridized carbons (Fsp3) is 0.0833. The number of nitrogens with one attached hydrogen (secondary N) is 2. The molecule has 0 unspecified atom stereocenters. The van der Waals surface area contributed by atoms with E-state index in [1.807, 2.05) is 13.0 Å². The number of anilines is 2. The number of aromatic nitrogens is 2. The van der Waals surface area contributed by atoms with Crippen LogP contribution in [0.1, 0.15) is 15.9 Å². The van der Waals surface area contributed by atoms with E-state index in [1.54, 1.807) is 12.3 Å². The lowest BCUT2D eigenvalue weighted by Crippen LogP contribution is -2.15. The zero-order valence-electron chi connectivity index (χ0n) is 10.1. The van der Waals surface area contributed by atoms with Crippen LogP contribution in [0.3, 0.4) is 0 Å². The fourth-order valence-electron chi connectivity index (χ4n) is 1.46. The van der Waals surface area contributed by atoms with E-state index in [0.717, 1.165) is 5.56 Å². The molecule has 2 heterocycles. The van der Waals surface area contributed by atoms with Gasteiger partial charge in [0, 0.05) is 12.4 Å². The van der Waals surface area contributed by atoms with Gasteiger partial charge in [0.1, 0.15) is 5.82 Å². The van der Waals surface area contributed by atoms with Crippen molar-refractivity contribution >= 4 is 29.1 Å². The Morgan fingerprint density at radius 3 is 2.79 bits per heavy atom. The maximum absolute atomic E-state index is 12.0. The van der Waals surface area contributed by atoms with E-state index in [9.17, 15) is 4.79 Å². The van der Waals surface area contributed by atoms with Crippen LogP contribution in [0.4, 0.5) is 11.6 Å². The second-order valence-electron chi connectivity index (χ2n) is 3.87. The maximum Gasteiger partial charge on any atom is 0.258 e. The van der Waals surface area contributed by atoms with Gasteiger partial charge in [0.15, 0.2) is 5.82 Å². The molecule has 7 heteroatoms. The molecule has 4 N–H and O–H groups in total. The molecule has 1 amide bonds. The smallest absolute Gasteiger partial charge is 0.258 e. The first kappa shape index (κ1) is 13.3. The summed E-state index contributed by atoms with van der Waals surface area (Å²) in [6, 6.07) is 5.09. The van der Waals surface area contributed by atoms with Crippen LogP contribution >= 0.6 is 11.6 Å². The third-order valence-corrected chi connectivity index (χ3v) is 2.69. The van der Waals surface area contributed by atoms with Crippen molar-refractivity contribution < 1.29 is 4.79 Å². The predicted octanol–water partition coefficient (Wildman–Crippen LogP) is 1.98. The highest BCUT2D eigenvalue weighted by Crippen LogP contribution is 2.19. The van der Waals surface area contributed by atoms with Crippen molar-refractivity contribution in [2.45, 2.75) is 6.92 Å². The number of aryl methyl sites for hydroxylation is 1. The molecule has 0 saturated carbocycles. The Kier molecular flexibility index (Phi) is 3.94. The number of nitrogens with two attached hydrogens (primary N) is 1. The first-order valence-corrected chi connectivity index (χ1v) is 5.84. The molecule has 0 atom stereocenters. The molecule has 6 nitrogen and oxygen atoms in total. The summed E-state index contributed by atoms with van der Waals surface area (Å²) in [7, 11) is 0. The van der Waals surface area contributed by atoms with E-state index in [1.165, 1.54) is 12.3 Å². The van der Waals surface area contributed by atoms with E-state index in [2.05, 4.69) is 20.7 Å². The minimum atomic E-state index is -0.337. The molecule has 0 saturated heterocycles. The second kappa shape index (κ2) is 5.64. The summed E-state index contributed by atoms with van der Waals surface area (Å²) in [6.07, 6.45) is 3.00. The van der Waals surface area contributed by atoms with E-state index in [-0.39, 0.29) is 10.9 Å². The summed E-state index contributed by atoms with van der Waals surface area (Å²) in [5.74, 6) is 5.66. The Bertz CT molecular complexity index is 617. The van der Waals surface area contributed by atoms with E-state index in [4.69, 9.17) is 17.4 Å². The lowest BCUT2D eigenvalue weighted by Gasteiger charge is -2.07. The number of hydrogen-bond acceptors (Lipinski definition) is 5. The molecule has 0 bridgehead atoms. The van der Waals surface area contributed by atoms with Crippen molar-refractivity contribution in [3.63, 3.8) is 0 Å². The highest BCUT2D eigenvalue weighted by molar-refractivity contribution is 6.33. The number of amides is 1. The molecule has 0 aliphatic rings. The molecule has 2 aromatic rings. The van der Waals surface area contributed by atoms with Crippen molar-refractivity contribution in [2.75, 3.05) is 10.7 Å². The van der Waals surface area contributed by atoms with Gasteiger partial charge in [-0.1, -0.05) is 11.6 Å².